The van der Waals surface area contributed by atoms with Gasteiger partial charge in [0.25, 0.3) is 0 Å². The first-order chi connectivity index (χ1) is 13.2. The maximum absolute atomic E-state index is 13.1. The largest absolute Gasteiger partial charge is 0.342 e. The summed E-state index contributed by atoms with van der Waals surface area (Å²) in [6, 6.07) is 6.15. The Morgan fingerprint density at radius 2 is 2.11 bits per heavy atom. The summed E-state index contributed by atoms with van der Waals surface area (Å²) < 4.78 is 15.2. The number of nitrogens with zero attached hydrogens (tertiary/aromatic N) is 4. The van der Waals surface area contributed by atoms with Crippen molar-refractivity contribution in [2.24, 2.45) is 0 Å². The van der Waals surface area contributed by atoms with E-state index < -0.39 is 0 Å². The summed E-state index contributed by atoms with van der Waals surface area (Å²) in [4.78, 5) is 23.5. The molecule has 1 aliphatic heterocycles. The van der Waals surface area contributed by atoms with Crippen molar-refractivity contribution in [3.63, 3.8) is 0 Å². The zero-order chi connectivity index (χ0) is 18.6. The lowest BCUT2D eigenvalue weighted by Gasteiger charge is -2.32. The third-order valence-corrected chi connectivity index (χ3v) is 5.61. The van der Waals surface area contributed by atoms with E-state index in [1.165, 1.54) is 12.1 Å². The monoisotopic (exact) mass is 384 g/mol. The van der Waals surface area contributed by atoms with Crippen LogP contribution in [0.5, 0.6) is 0 Å². The van der Waals surface area contributed by atoms with Crippen LogP contribution < -0.4 is 0 Å². The van der Waals surface area contributed by atoms with Gasteiger partial charge in [0.1, 0.15) is 11.6 Å². The number of aromatic nitrogens is 3. The molecule has 1 saturated heterocycles. The lowest BCUT2D eigenvalue weighted by molar-refractivity contribution is -0.131. The van der Waals surface area contributed by atoms with Crippen LogP contribution >= 0.6 is 11.3 Å². The molecule has 0 N–H and O–H groups in total. The zero-order valence-electron chi connectivity index (χ0n) is 14.9. The van der Waals surface area contributed by atoms with Gasteiger partial charge in [-0.05, 0) is 30.5 Å². The van der Waals surface area contributed by atoms with Gasteiger partial charge in [0.2, 0.25) is 5.91 Å². The second-order valence-corrected chi connectivity index (χ2v) is 7.59. The van der Waals surface area contributed by atoms with E-state index in [0.29, 0.717) is 19.5 Å². The quantitative estimate of drug-likeness (QED) is 0.677. The van der Waals surface area contributed by atoms with E-state index in [1.807, 2.05) is 28.2 Å². The van der Waals surface area contributed by atoms with Crippen LogP contribution in [0.25, 0.3) is 0 Å². The van der Waals surface area contributed by atoms with E-state index in [4.69, 9.17) is 0 Å². The van der Waals surface area contributed by atoms with Crippen LogP contribution in [0.1, 0.15) is 35.8 Å². The molecule has 1 amide bonds. The Hall–Kier alpha value is -2.54. The van der Waals surface area contributed by atoms with Crippen LogP contribution in [0.4, 0.5) is 4.39 Å². The molecular formula is C20H21FN4OS. The molecule has 7 heteroatoms. The van der Waals surface area contributed by atoms with Gasteiger partial charge in [0.05, 0.1) is 24.2 Å². The minimum Gasteiger partial charge on any atom is -0.342 e. The van der Waals surface area contributed by atoms with Crippen molar-refractivity contribution >= 4 is 17.2 Å². The summed E-state index contributed by atoms with van der Waals surface area (Å²) in [6.45, 7) is 2.15. The standard InChI is InChI=1S/C20H21FN4OS/c21-17-5-3-15(4-6-17)10-19(26)24-8-1-2-16(11-24)20-22-7-9-25(20)12-18-13-27-14-23-18/h3-7,9,13-14,16H,1-2,8,10-12H2. The Balaban J connectivity index is 1.43. The molecule has 1 unspecified atom stereocenters. The summed E-state index contributed by atoms with van der Waals surface area (Å²) in [5, 5.41) is 2.04. The number of carbonyl (C=O) groups is 1. The minimum absolute atomic E-state index is 0.0870. The molecule has 1 aliphatic rings. The van der Waals surface area contributed by atoms with Crippen LogP contribution in [0, 0.1) is 5.82 Å². The average Bonchev–Trinajstić information content (AvgIpc) is 3.36. The number of benzene rings is 1. The number of hydrogen-bond donors (Lipinski definition) is 0. The van der Waals surface area contributed by atoms with E-state index in [9.17, 15) is 9.18 Å². The Bertz CT molecular complexity index is 891. The average molecular weight is 384 g/mol. The highest BCUT2D eigenvalue weighted by Crippen LogP contribution is 2.27. The summed E-state index contributed by atoms with van der Waals surface area (Å²) in [5.41, 5.74) is 3.70. The fraction of sp³-hybridized carbons (Fsp3) is 0.350. The lowest BCUT2D eigenvalue weighted by Crippen LogP contribution is -2.40. The molecule has 1 fully saturated rings. The van der Waals surface area contributed by atoms with E-state index in [1.54, 1.807) is 23.5 Å². The molecule has 1 aromatic carbocycles. The highest BCUT2D eigenvalue weighted by molar-refractivity contribution is 7.07. The first-order valence-corrected chi connectivity index (χ1v) is 10.0. The molecule has 0 radical (unpaired) electrons. The number of likely N-dealkylation sites (tertiary alicyclic amines) is 1. The van der Waals surface area contributed by atoms with E-state index in [-0.39, 0.29) is 17.6 Å². The summed E-state index contributed by atoms with van der Waals surface area (Å²) in [7, 11) is 0. The second kappa shape index (κ2) is 8.00. The Labute approximate surface area is 161 Å². The maximum Gasteiger partial charge on any atom is 0.227 e. The van der Waals surface area contributed by atoms with E-state index >= 15 is 0 Å². The molecule has 1 atom stereocenters. The second-order valence-electron chi connectivity index (χ2n) is 6.88. The van der Waals surface area contributed by atoms with E-state index in [2.05, 4.69) is 14.5 Å². The van der Waals surface area contributed by atoms with Gasteiger partial charge in [0.15, 0.2) is 0 Å². The molecule has 0 saturated carbocycles. The summed E-state index contributed by atoms with van der Waals surface area (Å²) in [6.07, 6.45) is 6.09. The number of amides is 1. The SMILES string of the molecule is O=C(Cc1ccc(F)cc1)N1CCCC(c2nccn2Cc2cscn2)C1. The van der Waals surface area contributed by atoms with Crippen LogP contribution in [0.3, 0.4) is 0 Å². The predicted octanol–water partition coefficient (Wildman–Crippen LogP) is 3.48. The zero-order valence-corrected chi connectivity index (χ0v) is 15.7. The van der Waals surface area contributed by atoms with E-state index in [0.717, 1.165) is 36.5 Å². The van der Waals surface area contributed by atoms with Gasteiger partial charge in [-0.2, -0.15) is 0 Å². The van der Waals surface area contributed by atoms with Crippen molar-refractivity contribution < 1.29 is 9.18 Å². The highest BCUT2D eigenvalue weighted by Gasteiger charge is 2.27. The minimum atomic E-state index is -0.281. The molecule has 4 rings (SSSR count). The Morgan fingerprint density at radius 3 is 2.89 bits per heavy atom. The summed E-state index contributed by atoms with van der Waals surface area (Å²) in [5.74, 6) is 1.05. The number of imidazole rings is 1. The van der Waals surface area contributed by atoms with Crippen molar-refractivity contribution in [2.75, 3.05) is 13.1 Å². The molecular weight excluding hydrogens is 363 g/mol. The first-order valence-electron chi connectivity index (χ1n) is 9.09. The molecule has 0 aliphatic carbocycles. The molecule has 3 heterocycles. The molecule has 5 nitrogen and oxygen atoms in total. The van der Waals surface area contributed by atoms with Crippen LogP contribution in [-0.4, -0.2) is 38.4 Å². The van der Waals surface area contributed by atoms with Gasteiger partial charge >= 0.3 is 0 Å². The fourth-order valence-electron chi connectivity index (χ4n) is 3.61. The van der Waals surface area contributed by atoms with Gasteiger partial charge < -0.3 is 9.47 Å². The molecule has 2 aromatic heterocycles. The van der Waals surface area contributed by atoms with Crippen molar-refractivity contribution in [1.29, 1.82) is 0 Å². The van der Waals surface area contributed by atoms with Crippen molar-refractivity contribution in [3.8, 4) is 0 Å². The van der Waals surface area contributed by atoms with Gasteiger partial charge in [-0.25, -0.2) is 14.4 Å². The van der Waals surface area contributed by atoms with Crippen molar-refractivity contribution in [2.45, 2.75) is 31.7 Å². The molecule has 3 aromatic rings. The highest BCUT2D eigenvalue weighted by atomic mass is 32.1. The van der Waals surface area contributed by atoms with Gasteiger partial charge in [-0.15, -0.1) is 11.3 Å². The van der Waals surface area contributed by atoms with Crippen molar-refractivity contribution in [3.05, 3.63) is 70.4 Å². The molecule has 27 heavy (non-hydrogen) atoms. The topological polar surface area (TPSA) is 51.0 Å². The third-order valence-electron chi connectivity index (χ3n) is 4.97. The van der Waals surface area contributed by atoms with Crippen LogP contribution in [0.15, 0.2) is 47.5 Å². The fourth-order valence-corrected chi connectivity index (χ4v) is 4.16. The maximum atomic E-state index is 13.1. The summed E-state index contributed by atoms with van der Waals surface area (Å²) >= 11 is 1.59. The Morgan fingerprint density at radius 1 is 1.26 bits per heavy atom. The lowest BCUT2D eigenvalue weighted by atomic mass is 9.96. The van der Waals surface area contributed by atoms with Gasteiger partial charge in [0, 0.05) is 36.8 Å². The van der Waals surface area contributed by atoms with Crippen LogP contribution in [-0.2, 0) is 17.8 Å². The number of rotatable bonds is 5. The number of piperidine rings is 1. The molecule has 0 bridgehead atoms. The van der Waals surface area contributed by atoms with Crippen LogP contribution in [0.2, 0.25) is 0 Å². The van der Waals surface area contributed by atoms with Crippen molar-refractivity contribution in [1.82, 2.24) is 19.4 Å². The number of hydrogen-bond acceptors (Lipinski definition) is 4. The predicted molar refractivity (Wildman–Crippen MR) is 102 cm³/mol. The normalized spacial score (nSPS) is 17.2. The Kier molecular flexibility index (Phi) is 5.29. The van der Waals surface area contributed by atoms with Gasteiger partial charge in [-0.3, -0.25) is 4.79 Å². The third kappa shape index (κ3) is 4.24. The molecule has 140 valence electrons. The van der Waals surface area contributed by atoms with Gasteiger partial charge in [-0.1, -0.05) is 12.1 Å². The smallest absolute Gasteiger partial charge is 0.227 e. The number of halogens is 1. The number of carbonyl (C=O) groups excluding carboxylic acids is 1. The molecule has 0 spiro atoms. The number of thiazole rings is 1. The first kappa shape index (κ1) is 17.9.